The van der Waals surface area contributed by atoms with Crippen molar-refractivity contribution in [3.8, 4) is 11.1 Å². The van der Waals surface area contributed by atoms with Crippen molar-refractivity contribution in [1.82, 2.24) is 0 Å². The second kappa shape index (κ2) is 19.3. The first-order valence-electron chi connectivity index (χ1n) is 27.8. The molecule has 382 valence electrons. The van der Waals surface area contributed by atoms with E-state index in [1.165, 1.54) is 88.1 Å². The highest BCUT2D eigenvalue weighted by Gasteiger charge is 2.28. The van der Waals surface area contributed by atoms with E-state index in [9.17, 15) is 0 Å². The maximum atomic E-state index is 2.52. The molecule has 76 heavy (non-hydrogen) atoms. The summed E-state index contributed by atoms with van der Waals surface area (Å²) in [6.07, 6.45) is 12.7. The van der Waals surface area contributed by atoms with E-state index >= 15 is 0 Å². The number of anilines is 5. The molecule has 1 atom stereocenters. The molecule has 0 bridgehead atoms. The van der Waals surface area contributed by atoms with Gasteiger partial charge in [-0.3, -0.25) is 0 Å². The molecule has 0 amide bonds. The van der Waals surface area contributed by atoms with Crippen LogP contribution < -0.4 is 9.80 Å². The summed E-state index contributed by atoms with van der Waals surface area (Å²) in [7, 11) is 0. The Morgan fingerprint density at radius 1 is 0.408 bits per heavy atom. The number of hydrogen-bond acceptors (Lipinski definition) is 2. The van der Waals surface area contributed by atoms with Gasteiger partial charge in [0.25, 0.3) is 0 Å². The average molecular weight is 993 g/mol. The van der Waals surface area contributed by atoms with E-state index < -0.39 is 0 Å². The monoisotopic (exact) mass is 993 g/mol. The zero-order chi connectivity index (χ0) is 53.3. The molecule has 0 aliphatic heterocycles. The second-order valence-electron chi connectivity index (χ2n) is 25.9. The van der Waals surface area contributed by atoms with E-state index in [2.05, 4.69) is 293 Å². The summed E-state index contributed by atoms with van der Waals surface area (Å²) in [6, 6.07) is 67.4. The first kappa shape index (κ1) is 50.7. The standard InChI is InChI=1S/C74H76N2/c1-71(2,3)55-25-33-59(34-26-55)75(60-35-27-56(28-36-60)72(4,5)6)63-41-43-65-67(47-63)69(53-23-21-49-17-13-15-19-51(49)45-53)66-44-42-64(48-68(66)70(65)54-24-22-50-18-14-16-20-52(50)46-54)76(61-37-29-57(30-38-61)73(7,8)9)62-39-31-58(32-40-62)74(10,11)12/h13-21,23,25-31,33-48,58H,22,24,32H2,1-12H3. The minimum atomic E-state index is 0.0361. The number of rotatable bonds is 8. The van der Waals surface area contributed by atoms with Crippen LogP contribution in [0.3, 0.4) is 0 Å². The molecule has 0 radical (unpaired) electrons. The third-order valence-electron chi connectivity index (χ3n) is 16.4. The van der Waals surface area contributed by atoms with Crippen molar-refractivity contribution >= 4 is 72.4 Å². The van der Waals surface area contributed by atoms with Crippen molar-refractivity contribution < 1.29 is 0 Å². The second-order valence-corrected chi connectivity index (χ2v) is 25.9. The van der Waals surface area contributed by atoms with Gasteiger partial charge in [0.15, 0.2) is 0 Å². The van der Waals surface area contributed by atoms with Gasteiger partial charge in [-0.25, -0.2) is 0 Å². The van der Waals surface area contributed by atoms with Gasteiger partial charge in [-0.2, -0.15) is 0 Å². The van der Waals surface area contributed by atoms with E-state index in [-0.39, 0.29) is 21.7 Å². The van der Waals surface area contributed by atoms with E-state index in [1.54, 1.807) is 0 Å². The fraction of sp³-hybridized carbons (Fsp3) is 0.270. The number of hydrogen-bond donors (Lipinski definition) is 0. The summed E-state index contributed by atoms with van der Waals surface area (Å²) in [4.78, 5) is 4.97. The van der Waals surface area contributed by atoms with Gasteiger partial charge >= 0.3 is 0 Å². The van der Waals surface area contributed by atoms with E-state index in [1.807, 2.05) is 0 Å². The van der Waals surface area contributed by atoms with Crippen molar-refractivity contribution in [1.29, 1.82) is 0 Å². The van der Waals surface area contributed by atoms with Gasteiger partial charge in [-0.1, -0.05) is 211 Å². The molecular formula is C74H76N2. The lowest BCUT2D eigenvalue weighted by molar-refractivity contribution is 0.293. The molecule has 2 heteroatoms. The van der Waals surface area contributed by atoms with Gasteiger partial charge in [-0.05, 0) is 202 Å². The molecule has 0 spiro atoms. The zero-order valence-corrected chi connectivity index (χ0v) is 47.1. The van der Waals surface area contributed by atoms with E-state index in [0.717, 1.165) is 47.7 Å². The molecule has 0 saturated carbocycles. The summed E-state index contributed by atoms with van der Waals surface area (Å²) >= 11 is 0. The van der Waals surface area contributed by atoms with Crippen LogP contribution in [0.1, 0.15) is 129 Å². The van der Waals surface area contributed by atoms with Crippen molar-refractivity contribution in [2.24, 2.45) is 11.3 Å². The third kappa shape index (κ3) is 9.84. The summed E-state index contributed by atoms with van der Waals surface area (Å²) in [5, 5.41) is 7.50. The average Bonchev–Trinajstić information content (AvgIpc) is 3.44. The van der Waals surface area contributed by atoms with Crippen LogP contribution in [0.5, 0.6) is 0 Å². The molecule has 0 aromatic heterocycles. The Kier molecular flexibility index (Phi) is 12.9. The highest BCUT2D eigenvalue weighted by atomic mass is 15.2. The third-order valence-corrected chi connectivity index (χ3v) is 16.4. The smallest absolute Gasteiger partial charge is 0.0468 e. The van der Waals surface area contributed by atoms with Crippen LogP contribution in [0.4, 0.5) is 28.4 Å². The van der Waals surface area contributed by atoms with Crippen LogP contribution >= 0.6 is 0 Å². The topological polar surface area (TPSA) is 6.48 Å². The summed E-state index contributed by atoms with van der Waals surface area (Å²) in [6.45, 7) is 27.7. The van der Waals surface area contributed by atoms with Crippen molar-refractivity contribution in [2.45, 2.75) is 119 Å². The molecular weight excluding hydrogens is 917 g/mol. The van der Waals surface area contributed by atoms with Crippen LogP contribution in [0.2, 0.25) is 0 Å². The normalized spacial score (nSPS) is 15.2. The van der Waals surface area contributed by atoms with Gasteiger partial charge in [-0.15, -0.1) is 0 Å². The lowest BCUT2D eigenvalue weighted by atomic mass is 9.77. The molecule has 9 aromatic rings. The summed E-state index contributed by atoms with van der Waals surface area (Å²) in [5.41, 5.74) is 19.1. The Morgan fingerprint density at radius 3 is 1.43 bits per heavy atom. The highest BCUT2D eigenvalue weighted by molar-refractivity contribution is 6.21. The fourth-order valence-corrected chi connectivity index (χ4v) is 11.8. The van der Waals surface area contributed by atoms with E-state index in [4.69, 9.17) is 0 Å². The van der Waals surface area contributed by atoms with Gasteiger partial charge in [0.05, 0.1) is 0 Å². The van der Waals surface area contributed by atoms with Gasteiger partial charge in [0.2, 0.25) is 0 Å². The van der Waals surface area contributed by atoms with Crippen molar-refractivity contribution in [3.05, 3.63) is 233 Å². The maximum absolute atomic E-state index is 2.52. The van der Waals surface area contributed by atoms with Crippen molar-refractivity contribution in [2.75, 3.05) is 9.80 Å². The summed E-state index contributed by atoms with van der Waals surface area (Å²) in [5.74, 6) is 0.466. The fourth-order valence-electron chi connectivity index (χ4n) is 11.8. The Hall–Kier alpha value is -7.42. The molecule has 0 N–H and O–H groups in total. The Morgan fingerprint density at radius 2 is 0.895 bits per heavy atom. The Bertz CT molecular complexity index is 3680. The largest absolute Gasteiger partial charge is 0.311 e. The Labute approximate surface area is 454 Å². The van der Waals surface area contributed by atoms with Crippen LogP contribution in [-0.2, 0) is 22.7 Å². The predicted octanol–water partition coefficient (Wildman–Crippen LogP) is 21.3. The number of aryl methyl sites for hydroxylation is 1. The summed E-state index contributed by atoms with van der Waals surface area (Å²) < 4.78 is 0. The molecule has 11 rings (SSSR count). The zero-order valence-electron chi connectivity index (χ0n) is 47.1. The molecule has 2 aliphatic rings. The van der Waals surface area contributed by atoms with Gasteiger partial charge in [0, 0.05) is 34.1 Å². The first-order valence-corrected chi connectivity index (χ1v) is 27.8. The lowest BCUT2D eigenvalue weighted by Gasteiger charge is -2.34. The number of fused-ring (bicyclic) bond motifs is 4. The molecule has 0 saturated heterocycles. The number of benzene rings is 9. The first-order chi connectivity index (χ1) is 36.2. The molecule has 0 fully saturated rings. The molecule has 0 heterocycles. The van der Waals surface area contributed by atoms with Crippen LogP contribution in [0.15, 0.2) is 200 Å². The van der Waals surface area contributed by atoms with Gasteiger partial charge in [0.1, 0.15) is 0 Å². The number of nitrogens with zero attached hydrogens (tertiary/aromatic N) is 2. The minimum Gasteiger partial charge on any atom is -0.311 e. The molecule has 2 nitrogen and oxygen atoms in total. The molecule has 1 unspecified atom stereocenters. The van der Waals surface area contributed by atoms with Crippen LogP contribution in [0.25, 0.3) is 55.1 Å². The molecule has 9 aromatic carbocycles. The maximum Gasteiger partial charge on any atom is 0.0468 e. The number of allylic oxidation sites excluding steroid dienone is 4. The van der Waals surface area contributed by atoms with E-state index in [0.29, 0.717) is 5.92 Å². The Balaban J connectivity index is 1.21. The SMILES string of the molecule is CC(C)(C)c1ccc(N(C2=CCC(C(C)(C)C)C=C2)c2ccc3c(-c4ccc5ccccc5c4)c4cc(N(c5ccc(C(C)(C)C)cc5)c5ccc(C(C)(C)C)cc5)ccc4c(C4=Cc5ccccc5CC4)c3c2)cc1. The minimum absolute atomic E-state index is 0.0361. The van der Waals surface area contributed by atoms with Gasteiger partial charge < -0.3 is 9.80 Å². The highest BCUT2D eigenvalue weighted by Crippen LogP contribution is 2.49. The van der Waals surface area contributed by atoms with Crippen LogP contribution in [-0.4, -0.2) is 0 Å². The molecule has 2 aliphatic carbocycles. The van der Waals surface area contributed by atoms with Crippen molar-refractivity contribution in [3.63, 3.8) is 0 Å². The quantitative estimate of drug-likeness (QED) is 0.140. The predicted molar refractivity (Wildman–Crippen MR) is 331 cm³/mol. The lowest BCUT2D eigenvalue weighted by Crippen LogP contribution is -2.23. The van der Waals surface area contributed by atoms with Crippen LogP contribution in [0, 0.1) is 11.3 Å².